The second kappa shape index (κ2) is 5.18. The van der Waals surface area contributed by atoms with Crippen LogP contribution >= 0.6 is 0 Å². The van der Waals surface area contributed by atoms with Gasteiger partial charge in [-0.25, -0.2) is 4.39 Å². The maximum atomic E-state index is 13.7. The van der Waals surface area contributed by atoms with Crippen LogP contribution in [0.4, 0.5) is 4.39 Å². The zero-order valence-corrected chi connectivity index (χ0v) is 10.3. The van der Waals surface area contributed by atoms with Crippen molar-refractivity contribution in [2.45, 2.75) is 26.5 Å². The minimum absolute atomic E-state index is 0.0446. The first-order chi connectivity index (χ1) is 8.61. The second-order valence-electron chi connectivity index (χ2n) is 3.97. The third-order valence-electron chi connectivity index (χ3n) is 2.60. The lowest BCUT2D eigenvalue weighted by atomic mass is 10.1. The molecule has 0 fully saturated rings. The van der Waals surface area contributed by atoms with Crippen LogP contribution < -0.4 is 4.74 Å². The normalized spacial score (nSPS) is 12.4. The highest BCUT2D eigenvalue weighted by Gasteiger charge is 2.15. The lowest BCUT2D eigenvalue weighted by Gasteiger charge is -2.12. The smallest absolute Gasteiger partial charge is 0.168 e. The van der Waals surface area contributed by atoms with Gasteiger partial charge in [0.2, 0.25) is 0 Å². The Bertz CT molecular complexity index is 538. The van der Waals surface area contributed by atoms with Crippen molar-refractivity contribution in [3.63, 3.8) is 0 Å². The summed E-state index contributed by atoms with van der Waals surface area (Å²) in [6, 6.07) is 4.47. The third-order valence-corrected chi connectivity index (χ3v) is 2.60. The van der Waals surface area contributed by atoms with Crippen LogP contribution in [0.25, 0.3) is 0 Å². The summed E-state index contributed by atoms with van der Waals surface area (Å²) in [4.78, 5) is 0. The van der Waals surface area contributed by atoms with E-state index in [1.807, 2.05) is 6.92 Å². The van der Waals surface area contributed by atoms with Gasteiger partial charge < -0.3 is 9.84 Å². The van der Waals surface area contributed by atoms with Gasteiger partial charge in [0.1, 0.15) is 0 Å². The monoisotopic (exact) mass is 250 g/mol. The molecular weight excluding hydrogens is 235 g/mol. The number of ether oxygens (including phenoxy) is 1. The molecule has 0 aliphatic heterocycles. The van der Waals surface area contributed by atoms with Crippen LogP contribution in [0.5, 0.6) is 11.5 Å². The number of hydrogen-bond donors (Lipinski definition) is 1. The predicted octanol–water partition coefficient (Wildman–Crippen LogP) is 2.89. The Morgan fingerprint density at radius 1 is 1.50 bits per heavy atom. The molecule has 1 heterocycles. The highest BCUT2D eigenvalue weighted by atomic mass is 19.1. The van der Waals surface area contributed by atoms with E-state index in [1.54, 1.807) is 29.9 Å². The topological polar surface area (TPSA) is 47.3 Å². The van der Waals surface area contributed by atoms with E-state index in [0.29, 0.717) is 17.9 Å². The average Bonchev–Trinajstić information content (AvgIpc) is 2.79. The molecule has 0 radical (unpaired) electrons. The quantitative estimate of drug-likeness (QED) is 0.907. The molecule has 1 aromatic carbocycles. The first-order valence-corrected chi connectivity index (χ1v) is 5.78. The number of aliphatic hydroxyl groups is 1. The largest absolute Gasteiger partial charge is 0.451 e. The van der Waals surface area contributed by atoms with Gasteiger partial charge >= 0.3 is 0 Å². The van der Waals surface area contributed by atoms with E-state index in [4.69, 9.17) is 4.74 Å². The van der Waals surface area contributed by atoms with Crippen LogP contribution in [0.2, 0.25) is 0 Å². The molecule has 2 aromatic rings. The molecule has 1 N–H and O–H groups in total. The fraction of sp³-hybridized carbons (Fsp3) is 0.308. The molecule has 96 valence electrons. The summed E-state index contributed by atoms with van der Waals surface area (Å²) >= 11 is 0. The Balaban J connectivity index is 2.33. The van der Waals surface area contributed by atoms with Gasteiger partial charge in [-0.1, -0.05) is 12.1 Å². The molecule has 0 amide bonds. The molecule has 0 saturated heterocycles. The molecule has 1 aromatic heterocycles. The minimum atomic E-state index is -0.795. The third kappa shape index (κ3) is 2.51. The van der Waals surface area contributed by atoms with Gasteiger partial charge in [0.05, 0.1) is 18.5 Å². The number of aryl methyl sites for hydroxylation is 1. The summed E-state index contributed by atoms with van der Waals surface area (Å²) < 4.78 is 20.9. The van der Waals surface area contributed by atoms with Gasteiger partial charge in [0, 0.05) is 12.1 Å². The average molecular weight is 250 g/mol. The number of aliphatic hydroxyl groups excluding tert-OH is 1. The van der Waals surface area contributed by atoms with E-state index in [-0.39, 0.29) is 5.75 Å². The molecule has 2 rings (SSSR count). The highest BCUT2D eigenvalue weighted by Crippen LogP contribution is 2.31. The standard InChI is InChI=1S/C13H15FN2O2/c1-3-16-8-10(7-15-16)18-13-11(9(2)17)5-4-6-12(13)14/h4-9,17H,3H2,1-2H3/t9-/m0/s1. The fourth-order valence-corrected chi connectivity index (χ4v) is 1.65. The summed E-state index contributed by atoms with van der Waals surface area (Å²) in [6.07, 6.45) is 2.40. The van der Waals surface area contributed by atoms with Crippen molar-refractivity contribution in [2.75, 3.05) is 0 Å². The summed E-state index contributed by atoms with van der Waals surface area (Å²) in [7, 11) is 0. The van der Waals surface area contributed by atoms with E-state index in [0.717, 1.165) is 0 Å². The Kier molecular flexibility index (Phi) is 3.62. The zero-order valence-electron chi connectivity index (χ0n) is 10.3. The van der Waals surface area contributed by atoms with Crippen LogP contribution in [0.1, 0.15) is 25.5 Å². The number of rotatable bonds is 4. The molecule has 4 nitrogen and oxygen atoms in total. The molecule has 0 spiro atoms. The molecular formula is C13H15FN2O2. The molecule has 0 aliphatic carbocycles. The second-order valence-corrected chi connectivity index (χ2v) is 3.97. The van der Waals surface area contributed by atoms with Crippen LogP contribution in [0.15, 0.2) is 30.6 Å². The Morgan fingerprint density at radius 2 is 2.28 bits per heavy atom. The van der Waals surface area contributed by atoms with Crippen molar-refractivity contribution in [3.8, 4) is 11.5 Å². The van der Waals surface area contributed by atoms with Crippen molar-refractivity contribution in [2.24, 2.45) is 0 Å². The van der Waals surface area contributed by atoms with Gasteiger partial charge in [-0.3, -0.25) is 4.68 Å². The number of nitrogens with zero attached hydrogens (tertiary/aromatic N) is 2. The van der Waals surface area contributed by atoms with Crippen molar-refractivity contribution in [1.29, 1.82) is 0 Å². The molecule has 1 atom stereocenters. The number of hydrogen-bond acceptors (Lipinski definition) is 3. The zero-order chi connectivity index (χ0) is 13.1. The molecule has 18 heavy (non-hydrogen) atoms. The predicted molar refractivity (Wildman–Crippen MR) is 65.0 cm³/mol. The summed E-state index contributed by atoms with van der Waals surface area (Å²) in [5.41, 5.74) is 0.416. The van der Waals surface area contributed by atoms with Gasteiger partial charge in [-0.05, 0) is 19.9 Å². The van der Waals surface area contributed by atoms with Crippen LogP contribution in [-0.4, -0.2) is 14.9 Å². The maximum absolute atomic E-state index is 13.7. The van der Waals surface area contributed by atoms with Crippen molar-refractivity contribution in [1.82, 2.24) is 9.78 Å². The lowest BCUT2D eigenvalue weighted by Crippen LogP contribution is -1.98. The fourth-order valence-electron chi connectivity index (χ4n) is 1.65. The van der Waals surface area contributed by atoms with Crippen molar-refractivity contribution in [3.05, 3.63) is 42.0 Å². The summed E-state index contributed by atoms with van der Waals surface area (Å²) in [6.45, 7) is 4.22. The molecule has 0 bridgehead atoms. The Morgan fingerprint density at radius 3 is 2.89 bits per heavy atom. The summed E-state index contributed by atoms with van der Waals surface area (Å²) in [5, 5.41) is 13.6. The van der Waals surface area contributed by atoms with Gasteiger partial charge in [0.15, 0.2) is 17.3 Å². The molecule has 0 aliphatic rings. The summed E-state index contributed by atoms with van der Waals surface area (Å²) in [5.74, 6) is -0.00958. The Labute approximate surface area is 105 Å². The van der Waals surface area contributed by atoms with Crippen molar-refractivity contribution < 1.29 is 14.2 Å². The molecule has 5 heteroatoms. The van der Waals surface area contributed by atoms with Gasteiger partial charge in [-0.2, -0.15) is 5.10 Å². The van der Waals surface area contributed by atoms with Crippen LogP contribution in [0.3, 0.4) is 0 Å². The van der Waals surface area contributed by atoms with E-state index in [2.05, 4.69) is 5.10 Å². The van der Waals surface area contributed by atoms with E-state index >= 15 is 0 Å². The van der Waals surface area contributed by atoms with Crippen LogP contribution in [0, 0.1) is 5.82 Å². The SMILES string of the molecule is CCn1cc(Oc2c(F)cccc2[C@H](C)O)cn1. The number of halogens is 1. The van der Waals surface area contributed by atoms with Crippen molar-refractivity contribution >= 4 is 0 Å². The minimum Gasteiger partial charge on any atom is -0.451 e. The highest BCUT2D eigenvalue weighted by molar-refractivity contribution is 5.39. The number of para-hydroxylation sites is 1. The molecule has 0 unspecified atom stereocenters. The molecule has 0 saturated carbocycles. The van der Waals surface area contributed by atoms with Crippen LogP contribution in [-0.2, 0) is 6.54 Å². The first-order valence-electron chi connectivity index (χ1n) is 5.78. The van der Waals surface area contributed by atoms with E-state index in [1.165, 1.54) is 12.3 Å². The van der Waals surface area contributed by atoms with E-state index < -0.39 is 11.9 Å². The van der Waals surface area contributed by atoms with E-state index in [9.17, 15) is 9.50 Å². The van der Waals surface area contributed by atoms with Gasteiger partial charge in [-0.15, -0.1) is 0 Å². The van der Waals surface area contributed by atoms with Gasteiger partial charge in [0.25, 0.3) is 0 Å². The first kappa shape index (κ1) is 12.6. The number of benzene rings is 1. The lowest BCUT2D eigenvalue weighted by molar-refractivity contribution is 0.194. The number of aromatic nitrogens is 2. The Hall–Kier alpha value is -1.88. The maximum Gasteiger partial charge on any atom is 0.168 e.